The van der Waals surface area contributed by atoms with Crippen LogP contribution >= 0.6 is 8.53 Å². The zero-order valence-electron chi connectivity index (χ0n) is 33.2. The van der Waals surface area contributed by atoms with Crippen molar-refractivity contribution in [2.75, 3.05) is 26.4 Å². The Bertz CT molecular complexity index is 996. The third kappa shape index (κ3) is 34.8. The molecular weight excluding hydrogens is 665 g/mol. The van der Waals surface area contributed by atoms with E-state index >= 15 is 0 Å². The van der Waals surface area contributed by atoms with E-state index in [0.29, 0.717) is 19.4 Å². The molecule has 1 aliphatic heterocycles. The van der Waals surface area contributed by atoms with Gasteiger partial charge in [0.2, 0.25) is 0 Å². The van der Waals surface area contributed by atoms with E-state index < -0.39 is 14.6 Å². The molecule has 0 aromatic heterocycles. The van der Waals surface area contributed by atoms with Crippen LogP contribution in [0.4, 0.5) is 0 Å². The summed E-state index contributed by atoms with van der Waals surface area (Å²) in [4.78, 5) is 12.6. The Morgan fingerprint density at radius 3 is 1.62 bits per heavy atom. The lowest BCUT2D eigenvalue weighted by molar-refractivity contribution is -0.152. The molecule has 7 heteroatoms. The fourth-order valence-electron chi connectivity index (χ4n) is 5.50. The third-order valence-electron chi connectivity index (χ3n) is 8.54. The van der Waals surface area contributed by atoms with E-state index in [1.54, 1.807) is 6.26 Å². The minimum Gasteiger partial charge on any atom is -0.498 e. The molecule has 52 heavy (non-hydrogen) atoms. The maximum atomic E-state index is 12.6. The molecule has 0 spiro atoms. The van der Waals surface area contributed by atoms with E-state index in [2.05, 4.69) is 91.8 Å². The van der Waals surface area contributed by atoms with Gasteiger partial charge in [0.05, 0.1) is 19.5 Å². The fourth-order valence-corrected chi connectivity index (χ4v) is 6.59. The number of carbonyl (C=O) groups excluding carboxylic acids is 1. The summed E-state index contributed by atoms with van der Waals surface area (Å²) in [7, 11) is -1.12. The number of carbonyl (C=O) groups is 1. The van der Waals surface area contributed by atoms with Crippen LogP contribution in [-0.2, 0) is 23.3 Å². The van der Waals surface area contributed by atoms with Gasteiger partial charge in [-0.1, -0.05) is 170 Å². The molecule has 0 saturated carbocycles. The van der Waals surface area contributed by atoms with Gasteiger partial charge in [0.15, 0.2) is 6.10 Å². The van der Waals surface area contributed by atoms with Gasteiger partial charge >= 0.3 is 5.97 Å². The van der Waals surface area contributed by atoms with Gasteiger partial charge in [-0.05, 0) is 63.9 Å². The minimum atomic E-state index is -1.12. The van der Waals surface area contributed by atoms with Gasteiger partial charge in [0.25, 0.3) is 8.53 Å². The first-order valence-electron chi connectivity index (χ1n) is 20.9. The lowest BCUT2D eigenvalue weighted by atomic mass is 10.0. The van der Waals surface area contributed by atoms with E-state index in [1.165, 1.54) is 89.9 Å². The van der Waals surface area contributed by atoms with Crippen LogP contribution in [0.3, 0.4) is 0 Å². The largest absolute Gasteiger partial charge is 0.498 e. The summed E-state index contributed by atoms with van der Waals surface area (Å²) in [6.07, 6.45) is 56.5. The number of hydrogen-bond acceptors (Lipinski definition) is 6. The molecule has 6 nitrogen and oxygen atoms in total. The predicted molar refractivity (Wildman–Crippen MR) is 224 cm³/mol. The van der Waals surface area contributed by atoms with E-state index in [9.17, 15) is 4.79 Å². The van der Waals surface area contributed by atoms with Crippen LogP contribution < -0.4 is 5.09 Å². The second kappa shape index (κ2) is 40.0. The third-order valence-corrected chi connectivity index (χ3v) is 9.82. The average Bonchev–Trinajstić information content (AvgIpc) is 3.68. The highest BCUT2D eigenvalue weighted by atomic mass is 31.2. The monoisotopic (exact) mass is 742 g/mol. The number of esters is 1. The van der Waals surface area contributed by atoms with Crippen LogP contribution in [0.2, 0.25) is 0 Å². The molecule has 1 heterocycles. The number of hydrogen-bond donors (Lipinski definition) is 1. The average molecular weight is 742 g/mol. The maximum Gasteiger partial charge on any atom is 0.306 e. The van der Waals surface area contributed by atoms with Gasteiger partial charge < -0.3 is 18.5 Å². The second-order valence-corrected chi connectivity index (χ2v) is 14.8. The Labute approximate surface area is 321 Å². The first-order chi connectivity index (χ1) is 25.8. The van der Waals surface area contributed by atoms with E-state index in [0.717, 1.165) is 51.5 Å². The zero-order chi connectivity index (χ0) is 37.3. The molecule has 0 aromatic rings. The molecule has 0 bridgehead atoms. The number of unbranched alkanes of at least 4 members (excludes halogenated alkanes) is 14. The Balaban J connectivity index is 2.12. The summed E-state index contributed by atoms with van der Waals surface area (Å²) >= 11 is 0. The molecular formula is C45H76NO5P. The molecule has 1 fully saturated rings. The topological polar surface area (TPSA) is 66.0 Å². The summed E-state index contributed by atoms with van der Waals surface area (Å²) in [5, 5.41) is 3.18. The van der Waals surface area contributed by atoms with E-state index in [-0.39, 0.29) is 19.2 Å². The molecule has 296 valence electrons. The van der Waals surface area contributed by atoms with Gasteiger partial charge in [0.1, 0.15) is 6.61 Å². The van der Waals surface area contributed by atoms with Gasteiger partial charge in [-0.25, -0.2) is 5.09 Å². The van der Waals surface area contributed by atoms with Gasteiger partial charge in [-0.2, -0.15) is 0 Å². The van der Waals surface area contributed by atoms with Gasteiger partial charge in [-0.3, -0.25) is 4.79 Å². The van der Waals surface area contributed by atoms with Crippen molar-refractivity contribution in [3.63, 3.8) is 0 Å². The molecule has 1 rings (SSSR count). The molecule has 0 aliphatic carbocycles. The Morgan fingerprint density at radius 1 is 0.615 bits per heavy atom. The van der Waals surface area contributed by atoms with Gasteiger partial charge in [0, 0.05) is 13.0 Å². The van der Waals surface area contributed by atoms with Crippen LogP contribution in [0.1, 0.15) is 162 Å². The summed E-state index contributed by atoms with van der Waals surface area (Å²) in [5.41, 5.74) is 0. The standard InChI is InChI=1S/C45H76NO5P/c1-3-5-7-9-11-13-15-17-19-21-22-23-24-26-28-30-32-34-36-38-45(47)51-44(43-50-52-46-39-41-49-52)42-48-40-37-35-33-31-29-27-25-20-18-16-14-12-10-8-6-4-2/h5,7,11,13,17,19,22-23,26,28,32,34,37,40,44,46H,3-4,6,8-10,12,14-16,18,20-21,24-25,27,29-31,33,35-36,38-39,41-43H2,1-2H3/b7-5-,13-11-,19-17-,23-22-,28-26-,34-32-,40-37-. The van der Waals surface area contributed by atoms with Crippen molar-refractivity contribution in [2.45, 2.75) is 168 Å². The van der Waals surface area contributed by atoms with Crippen molar-refractivity contribution in [1.29, 1.82) is 0 Å². The highest BCUT2D eigenvalue weighted by molar-refractivity contribution is 7.45. The molecule has 0 radical (unpaired) electrons. The summed E-state index contributed by atoms with van der Waals surface area (Å²) in [6.45, 7) is 6.37. The van der Waals surface area contributed by atoms with Crippen LogP contribution in [0, 0.1) is 0 Å². The summed E-state index contributed by atoms with van der Waals surface area (Å²) < 4.78 is 22.8. The van der Waals surface area contributed by atoms with E-state index in [1.807, 2.05) is 6.08 Å². The first kappa shape index (κ1) is 47.8. The van der Waals surface area contributed by atoms with Crippen molar-refractivity contribution in [3.05, 3.63) is 85.3 Å². The lowest BCUT2D eigenvalue weighted by Crippen LogP contribution is -2.27. The number of ether oxygens (including phenoxy) is 2. The van der Waals surface area contributed by atoms with Gasteiger partial charge in [-0.15, -0.1) is 0 Å². The molecule has 0 amide bonds. The summed E-state index contributed by atoms with van der Waals surface area (Å²) in [6, 6.07) is 0. The number of allylic oxidation sites excluding steroid dienone is 13. The zero-order valence-corrected chi connectivity index (χ0v) is 34.1. The van der Waals surface area contributed by atoms with Crippen molar-refractivity contribution in [1.82, 2.24) is 5.09 Å². The molecule has 0 aromatic carbocycles. The highest BCUT2D eigenvalue weighted by Crippen LogP contribution is 2.36. The quantitative estimate of drug-likeness (QED) is 0.0227. The molecule has 2 unspecified atom stereocenters. The smallest absolute Gasteiger partial charge is 0.306 e. The molecule has 2 atom stereocenters. The molecule has 1 N–H and O–H groups in total. The first-order valence-corrected chi connectivity index (χ1v) is 22.1. The Kier molecular flexibility index (Phi) is 36.7. The highest BCUT2D eigenvalue weighted by Gasteiger charge is 2.21. The van der Waals surface area contributed by atoms with Crippen LogP contribution in [0.25, 0.3) is 0 Å². The maximum absolute atomic E-state index is 12.6. The SMILES string of the molecule is CC/C=C\C/C=C\C/C=C\C/C=C\C/C=C\C/C=C\CCC(=O)OC(CO/C=C\CCCCCCCCCCCCCCCC)COP1NCCO1. The summed E-state index contributed by atoms with van der Waals surface area (Å²) in [5.74, 6) is -0.240. The van der Waals surface area contributed by atoms with Crippen molar-refractivity contribution < 1.29 is 23.3 Å². The second-order valence-electron chi connectivity index (χ2n) is 13.4. The normalized spacial score (nSPS) is 16.1. The van der Waals surface area contributed by atoms with Crippen molar-refractivity contribution >= 4 is 14.5 Å². The molecule has 1 saturated heterocycles. The van der Waals surface area contributed by atoms with Crippen molar-refractivity contribution in [2.24, 2.45) is 0 Å². The van der Waals surface area contributed by atoms with Crippen LogP contribution in [0.15, 0.2) is 85.3 Å². The fraction of sp³-hybridized carbons (Fsp3) is 0.667. The number of nitrogens with one attached hydrogen (secondary N) is 1. The van der Waals surface area contributed by atoms with Crippen LogP contribution in [-0.4, -0.2) is 38.4 Å². The van der Waals surface area contributed by atoms with Crippen molar-refractivity contribution in [3.8, 4) is 0 Å². The minimum absolute atomic E-state index is 0.240. The molecule has 1 aliphatic rings. The van der Waals surface area contributed by atoms with Crippen LogP contribution in [0.5, 0.6) is 0 Å². The number of rotatable bonds is 36. The van der Waals surface area contributed by atoms with E-state index in [4.69, 9.17) is 18.5 Å². The predicted octanol–water partition coefficient (Wildman–Crippen LogP) is 13.6. The Morgan fingerprint density at radius 2 is 1.12 bits per heavy atom. The Hall–Kier alpha value is -2.24. The lowest BCUT2D eigenvalue weighted by Gasteiger charge is -2.19.